The molecular weight excluding hydrogens is 370 g/mol. The van der Waals surface area contributed by atoms with Crippen molar-refractivity contribution in [1.29, 1.82) is 0 Å². The van der Waals surface area contributed by atoms with Crippen molar-refractivity contribution in [3.63, 3.8) is 0 Å². The number of anilines is 1. The van der Waals surface area contributed by atoms with E-state index in [1.807, 2.05) is 48.5 Å². The molecule has 4 rings (SSSR count). The van der Waals surface area contributed by atoms with E-state index in [4.69, 9.17) is 4.98 Å². The van der Waals surface area contributed by atoms with E-state index in [1.54, 1.807) is 6.20 Å². The summed E-state index contributed by atoms with van der Waals surface area (Å²) in [5, 5.41) is 12.2. The lowest BCUT2D eigenvalue weighted by molar-refractivity contribution is 0.590. The number of benzene rings is 2. The molecule has 0 fully saturated rings. The summed E-state index contributed by atoms with van der Waals surface area (Å²) in [5.41, 5.74) is 5.03. The summed E-state index contributed by atoms with van der Waals surface area (Å²) in [4.78, 5) is 9.09. The highest BCUT2D eigenvalue weighted by Crippen LogP contribution is 2.26. The number of pyridine rings is 1. The molecule has 4 aromatic rings. The molecule has 5 nitrogen and oxygen atoms in total. The van der Waals surface area contributed by atoms with Crippen molar-refractivity contribution in [2.75, 3.05) is 5.32 Å². The van der Waals surface area contributed by atoms with E-state index in [2.05, 4.69) is 65.5 Å². The normalized spacial score (nSPS) is 11.3. The summed E-state index contributed by atoms with van der Waals surface area (Å²) in [6, 6.07) is 24.3. The van der Waals surface area contributed by atoms with Gasteiger partial charge in [0.05, 0.1) is 0 Å². The lowest BCUT2D eigenvalue weighted by Gasteiger charge is -2.19. The van der Waals surface area contributed by atoms with Gasteiger partial charge < -0.3 is 5.32 Å². The molecule has 2 aromatic heterocycles. The highest BCUT2D eigenvalue weighted by atomic mass is 15.2. The Hall–Kier alpha value is -3.60. The number of hydrogen-bond acceptors (Lipinski definition) is 5. The van der Waals surface area contributed by atoms with Gasteiger partial charge in [0.1, 0.15) is 11.4 Å². The monoisotopic (exact) mass is 395 g/mol. The Morgan fingerprint density at radius 2 is 1.53 bits per heavy atom. The van der Waals surface area contributed by atoms with Crippen LogP contribution in [0.25, 0.3) is 22.8 Å². The lowest BCUT2D eigenvalue weighted by atomic mass is 9.87. The topological polar surface area (TPSA) is 63.6 Å². The third kappa shape index (κ3) is 4.51. The van der Waals surface area contributed by atoms with Crippen LogP contribution < -0.4 is 5.32 Å². The molecule has 1 N–H and O–H groups in total. The van der Waals surface area contributed by atoms with Crippen LogP contribution in [0.5, 0.6) is 0 Å². The highest BCUT2D eigenvalue weighted by Gasteiger charge is 2.15. The van der Waals surface area contributed by atoms with E-state index in [9.17, 15) is 0 Å². The van der Waals surface area contributed by atoms with Crippen LogP contribution in [0, 0.1) is 0 Å². The molecule has 0 bridgehead atoms. The quantitative estimate of drug-likeness (QED) is 0.483. The van der Waals surface area contributed by atoms with E-state index in [1.165, 1.54) is 11.1 Å². The zero-order chi connectivity index (χ0) is 21.0. The van der Waals surface area contributed by atoms with Crippen LogP contribution in [0.1, 0.15) is 31.9 Å². The van der Waals surface area contributed by atoms with Gasteiger partial charge in [0.2, 0.25) is 5.82 Å². The summed E-state index contributed by atoms with van der Waals surface area (Å²) in [5.74, 6) is 1.19. The molecule has 0 amide bonds. The third-order valence-electron chi connectivity index (χ3n) is 4.91. The molecule has 0 aliphatic rings. The van der Waals surface area contributed by atoms with Gasteiger partial charge >= 0.3 is 0 Å². The maximum Gasteiger partial charge on any atom is 0.202 e. The van der Waals surface area contributed by atoms with Crippen LogP contribution >= 0.6 is 0 Å². The Bertz CT molecular complexity index is 1100. The van der Waals surface area contributed by atoms with Crippen LogP contribution in [0.2, 0.25) is 0 Å². The minimum Gasteiger partial charge on any atom is -0.364 e. The molecule has 5 heteroatoms. The van der Waals surface area contributed by atoms with Gasteiger partial charge in [-0.1, -0.05) is 81.4 Å². The van der Waals surface area contributed by atoms with Gasteiger partial charge in [0, 0.05) is 18.3 Å². The highest BCUT2D eigenvalue weighted by molar-refractivity contribution is 5.72. The van der Waals surface area contributed by atoms with Crippen LogP contribution in [0.15, 0.2) is 79.0 Å². The summed E-state index contributed by atoms with van der Waals surface area (Å²) < 4.78 is 0. The molecule has 0 spiro atoms. The molecule has 30 heavy (non-hydrogen) atoms. The van der Waals surface area contributed by atoms with Crippen LogP contribution in [0.3, 0.4) is 0 Å². The second kappa shape index (κ2) is 8.41. The third-order valence-corrected chi connectivity index (χ3v) is 4.91. The second-order valence-corrected chi connectivity index (χ2v) is 8.21. The van der Waals surface area contributed by atoms with E-state index in [0.29, 0.717) is 23.9 Å². The zero-order valence-electron chi connectivity index (χ0n) is 17.5. The smallest absolute Gasteiger partial charge is 0.202 e. The lowest BCUT2D eigenvalue weighted by Crippen LogP contribution is -2.11. The van der Waals surface area contributed by atoms with Crippen LogP contribution in [-0.4, -0.2) is 20.2 Å². The Balaban J connectivity index is 1.64. The van der Waals surface area contributed by atoms with Gasteiger partial charge in [-0.15, -0.1) is 10.2 Å². The average molecular weight is 396 g/mol. The van der Waals surface area contributed by atoms with Crippen LogP contribution in [0.4, 0.5) is 5.82 Å². The van der Waals surface area contributed by atoms with Crippen LogP contribution in [-0.2, 0) is 12.0 Å². The fourth-order valence-electron chi connectivity index (χ4n) is 3.15. The van der Waals surface area contributed by atoms with Gasteiger partial charge in [0.15, 0.2) is 5.82 Å². The van der Waals surface area contributed by atoms with Gasteiger partial charge in [-0.3, -0.25) is 4.98 Å². The van der Waals surface area contributed by atoms with Gasteiger partial charge in [-0.05, 0) is 28.7 Å². The Morgan fingerprint density at radius 3 is 2.20 bits per heavy atom. The second-order valence-electron chi connectivity index (χ2n) is 8.21. The number of nitrogens with one attached hydrogen (secondary N) is 1. The van der Waals surface area contributed by atoms with Gasteiger partial charge in [-0.25, -0.2) is 4.98 Å². The minimum absolute atomic E-state index is 0.139. The molecule has 0 radical (unpaired) electrons. The van der Waals surface area contributed by atoms with Gasteiger partial charge in [-0.2, -0.15) is 0 Å². The first-order valence-corrected chi connectivity index (χ1v) is 10.1. The Labute approximate surface area is 177 Å². The molecular formula is C25H25N5. The first-order chi connectivity index (χ1) is 14.5. The SMILES string of the molecule is CC(C)(C)c1ccc(CNc2nc(-c3ccccn3)nnc2-c2ccccc2)cc1. The predicted molar refractivity (Wildman–Crippen MR) is 121 cm³/mol. The van der Waals surface area contributed by atoms with Crippen molar-refractivity contribution in [2.45, 2.75) is 32.7 Å². The standard InChI is InChI=1S/C25H25N5/c1-25(2,3)20-14-12-18(13-15-20)17-27-24-22(19-9-5-4-6-10-19)29-30-23(28-24)21-11-7-8-16-26-21/h4-16H,17H2,1-3H3,(H,27,28,30). The molecule has 0 unspecified atom stereocenters. The van der Waals surface area contributed by atoms with E-state index < -0.39 is 0 Å². The zero-order valence-corrected chi connectivity index (χ0v) is 17.5. The molecule has 2 aromatic carbocycles. The molecule has 0 aliphatic heterocycles. The fourth-order valence-corrected chi connectivity index (χ4v) is 3.15. The number of rotatable bonds is 5. The number of aromatic nitrogens is 4. The van der Waals surface area contributed by atoms with Crippen molar-refractivity contribution >= 4 is 5.82 Å². The van der Waals surface area contributed by atoms with Crippen molar-refractivity contribution < 1.29 is 0 Å². The maximum absolute atomic E-state index is 4.74. The van der Waals surface area contributed by atoms with Crippen molar-refractivity contribution in [3.05, 3.63) is 90.1 Å². The van der Waals surface area contributed by atoms with Crippen molar-refractivity contribution in [2.24, 2.45) is 0 Å². The van der Waals surface area contributed by atoms with Crippen molar-refractivity contribution in [1.82, 2.24) is 20.2 Å². The number of nitrogens with zero attached hydrogens (tertiary/aromatic N) is 4. The molecule has 0 atom stereocenters. The number of hydrogen-bond donors (Lipinski definition) is 1. The molecule has 0 saturated carbocycles. The van der Waals surface area contributed by atoms with Crippen molar-refractivity contribution in [3.8, 4) is 22.8 Å². The molecule has 2 heterocycles. The molecule has 0 saturated heterocycles. The fraction of sp³-hybridized carbons (Fsp3) is 0.200. The summed E-state index contributed by atoms with van der Waals surface area (Å²) in [7, 11) is 0. The molecule has 150 valence electrons. The first kappa shape index (κ1) is 19.7. The Kier molecular flexibility index (Phi) is 5.53. The maximum atomic E-state index is 4.74. The Morgan fingerprint density at radius 1 is 0.800 bits per heavy atom. The summed E-state index contributed by atoms with van der Waals surface area (Å²) in [6.45, 7) is 7.30. The van der Waals surface area contributed by atoms with E-state index in [-0.39, 0.29) is 5.41 Å². The van der Waals surface area contributed by atoms with E-state index >= 15 is 0 Å². The summed E-state index contributed by atoms with van der Waals surface area (Å²) in [6.07, 6.45) is 1.73. The average Bonchev–Trinajstić information content (AvgIpc) is 2.78. The summed E-state index contributed by atoms with van der Waals surface area (Å²) >= 11 is 0. The predicted octanol–water partition coefficient (Wildman–Crippen LogP) is 5.51. The largest absolute Gasteiger partial charge is 0.364 e. The first-order valence-electron chi connectivity index (χ1n) is 10.1. The minimum atomic E-state index is 0.139. The molecule has 0 aliphatic carbocycles. The van der Waals surface area contributed by atoms with Gasteiger partial charge in [0.25, 0.3) is 0 Å². The van der Waals surface area contributed by atoms with E-state index in [0.717, 1.165) is 11.3 Å².